The van der Waals surface area contributed by atoms with Crippen LogP contribution in [0.3, 0.4) is 0 Å². The number of halogens is 3. The largest absolute Gasteiger partial charge is 0.367 e. The number of anilines is 1. The number of nitrogens with zero attached hydrogens (tertiary/aromatic N) is 1. The van der Waals surface area contributed by atoms with Crippen LogP contribution in [0.5, 0.6) is 0 Å². The Balaban J connectivity index is 2.19. The standard InChI is InChI=1S/C15H9BrFIN2O/c16-9-3-1-8(2-4-9)13-14(20-21-15(13)19)11-6-5-10(17)7-12(11)18/h1-7H,19H2. The average Bonchev–Trinajstić information content (AvgIpc) is 2.82. The summed E-state index contributed by atoms with van der Waals surface area (Å²) in [6, 6.07) is 12.2. The predicted octanol–water partition coefficient (Wildman–Crippen LogP) is 5.10. The lowest BCUT2D eigenvalue weighted by Crippen LogP contribution is -1.90. The Kier molecular flexibility index (Phi) is 3.99. The Morgan fingerprint density at radius 3 is 2.52 bits per heavy atom. The van der Waals surface area contributed by atoms with Crippen molar-refractivity contribution < 1.29 is 8.91 Å². The van der Waals surface area contributed by atoms with Crippen LogP contribution in [-0.2, 0) is 0 Å². The first kappa shape index (κ1) is 14.5. The highest BCUT2D eigenvalue weighted by Gasteiger charge is 2.19. The monoisotopic (exact) mass is 458 g/mol. The zero-order valence-electron chi connectivity index (χ0n) is 10.6. The van der Waals surface area contributed by atoms with Gasteiger partial charge in [-0.05, 0) is 58.5 Å². The van der Waals surface area contributed by atoms with E-state index in [9.17, 15) is 4.39 Å². The number of rotatable bonds is 2. The second-order valence-electron chi connectivity index (χ2n) is 4.40. The van der Waals surface area contributed by atoms with Gasteiger partial charge in [-0.3, -0.25) is 0 Å². The zero-order chi connectivity index (χ0) is 15.0. The van der Waals surface area contributed by atoms with E-state index in [2.05, 4.69) is 43.7 Å². The van der Waals surface area contributed by atoms with Gasteiger partial charge in [-0.15, -0.1) is 0 Å². The lowest BCUT2D eigenvalue weighted by Gasteiger charge is -2.05. The van der Waals surface area contributed by atoms with Gasteiger partial charge in [-0.25, -0.2) is 4.39 Å². The molecule has 3 nitrogen and oxygen atoms in total. The summed E-state index contributed by atoms with van der Waals surface area (Å²) < 4.78 is 20.1. The zero-order valence-corrected chi connectivity index (χ0v) is 14.4. The number of nitrogens with two attached hydrogens (primary N) is 1. The van der Waals surface area contributed by atoms with Crippen LogP contribution in [0, 0.1) is 9.39 Å². The SMILES string of the molecule is Nc1onc(-c2ccc(F)cc2I)c1-c1ccc(Br)cc1. The Bertz CT molecular complexity index is 802. The molecule has 0 saturated carbocycles. The third-order valence-corrected chi connectivity index (χ3v) is 4.46. The molecule has 1 aromatic heterocycles. The van der Waals surface area contributed by atoms with Crippen LogP contribution >= 0.6 is 38.5 Å². The first-order valence-corrected chi connectivity index (χ1v) is 7.90. The molecule has 0 fully saturated rings. The molecule has 3 rings (SSSR count). The van der Waals surface area contributed by atoms with E-state index in [1.54, 1.807) is 6.07 Å². The molecule has 0 aliphatic carbocycles. The Labute approximate surface area is 142 Å². The maximum absolute atomic E-state index is 13.3. The van der Waals surface area contributed by atoms with E-state index in [1.165, 1.54) is 12.1 Å². The van der Waals surface area contributed by atoms with Crippen LogP contribution in [0.4, 0.5) is 10.3 Å². The molecule has 0 saturated heterocycles. The van der Waals surface area contributed by atoms with E-state index in [1.807, 2.05) is 24.3 Å². The predicted molar refractivity (Wildman–Crippen MR) is 92.2 cm³/mol. The van der Waals surface area contributed by atoms with Crippen molar-refractivity contribution in [2.45, 2.75) is 0 Å². The average molecular weight is 459 g/mol. The quantitative estimate of drug-likeness (QED) is 0.543. The minimum Gasteiger partial charge on any atom is -0.367 e. The molecule has 6 heteroatoms. The van der Waals surface area contributed by atoms with Gasteiger partial charge in [-0.1, -0.05) is 33.2 Å². The van der Waals surface area contributed by atoms with Crippen molar-refractivity contribution in [1.82, 2.24) is 5.16 Å². The maximum atomic E-state index is 13.3. The molecule has 0 radical (unpaired) electrons. The number of hydrogen-bond donors (Lipinski definition) is 1. The first-order valence-electron chi connectivity index (χ1n) is 6.03. The summed E-state index contributed by atoms with van der Waals surface area (Å²) in [7, 11) is 0. The van der Waals surface area contributed by atoms with Crippen LogP contribution in [0.15, 0.2) is 51.5 Å². The normalized spacial score (nSPS) is 10.8. The summed E-state index contributed by atoms with van der Waals surface area (Å²) in [5, 5.41) is 4.04. The van der Waals surface area contributed by atoms with Crippen molar-refractivity contribution in [2.75, 3.05) is 5.73 Å². The van der Waals surface area contributed by atoms with Gasteiger partial charge in [0.1, 0.15) is 11.5 Å². The minimum absolute atomic E-state index is 0.243. The first-order chi connectivity index (χ1) is 10.1. The summed E-state index contributed by atoms with van der Waals surface area (Å²) in [5.41, 5.74) is 8.92. The van der Waals surface area contributed by atoms with Crippen LogP contribution in [0.1, 0.15) is 0 Å². The number of aromatic nitrogens is 1. The van der Waals surface area contributed by atoms with E-state index < -0.39 is 0 Å². The fourth-order valence-corrected chi connectivity index (χ4v) is 3.06. The molecule has 21 heavy (non-hydrogen) atoms. The van der Waals surface area contributed by atoms with Crippen molar-refractivity contribution in [1.29, 1.82) is 0 Å². The van der Waals surface area contributed by atoms with Gasteiger partial charge in [0.15, 0.2) is 0 Å². The van der Waals surface area contributed by atoms with Gasteiger partial charge < -0.3 is 10.3 Å². The smallest absolute Gasteiger partial charge is 0.230 e. The topological polar surface area (TPSA) is 52.0 Å². The van der Waals surface area contributed by atoms with Crippen molar-refractivity contribution in [3.8, 4) is 22.4 Å². The van der Waals surface area contributed by atoms with E-state index in [0.29, 0.717) is 11.3 Å². The maximum Gasteiger partial charge on any atom is 0.230 e. The highest BCUT2D eigenvalue weighted by atomic mass is 127. The van der Waals surface area contributed by atoms with Gasteiger partial charge >= 0.3 is 0 Å². The number of hydrogen-bond acceptors (Lipinski definition) is 3. The Morgan fingerprint density at radius 1 is 1.14 bits per heavy atom. The number of benzene rings is 2. The molecule has 0 amide bonds. The molecular formula is C15H9BrFIN2O. The molecule has 2 aromatic carbocycles. The van der Waals surface area contributed by atoms with Crippen molar-refractivity contribution in [2.24, 2.45) is 0 Å². The third-order valence-electron chi connectivity index (χ3n) is 3.04. The molecule has 0 aliphatic rings. The number of nitrogen functional groups attached to an aromatic ring is 1. The van der Waals surface area contributed by atoms with Crippen molar-refractivity contribution in [3.63, 3.8) is 0 Å². The second kappa shape index (κ2) is 5.76. The van der Waals surface area contributed by atoms with E-state index in [-0.39, 0.29) is 11.7 Å². The second-order valence-corrected chi connectivity index (χ2v) is 6.48. The molecule has 0 aliphatic heterocycles. The lowest BCUT2D eigenvalue weighted by molar-refractivity contribution is 0.439. The van der Waals surface area contributed by atoms with Crippen LogP contribution < -0.4 is 5.73 Å². The molecular weight excluding hydrogens is 450 g/mol. The summed E-state index contributed by atoms with van der Waals surface area (Å²) >= 11 is 5.47. The third kappa shape index (κ3) is 2.82. The van der Waals surface area contributed by atoms with Gasteiger partial charge in [-0.2, -0.15) is 0 Å². The fraction of sp³-hybridized carbons (Fsp3) is 0. The Morgan fingerprint density at radius 2 is 1.86 bits per heavy atom. The summed E-state index contributed by atoms with van der Waals surface area (Å²) in [6.45, 7) is 0. The molecule has 106 valence electrons. The molecule has 2 N–H and O–H groups in total. The molecule has 0 spiro atoms. The lowest BCUT2D eigenvalue weighted by atomic mass is 10.0. The van der Waals surface area contributed by atoms with Crippen LogP contribution in [-0.4, -0.2) is 5.16 Å². The minimum atomic E-state index is -0.287. The highest BCUT2D eigenvalue weighted by Crippen LogP contribution is 2.38. The van der Waals surface area contributed by atoms with Crippen LogP contribution in [0.2, 0.25) is 0 Å². The Hall–Kier alpha value is -1.41. The molecule has 3 aromatic rings. The van der Waals surface area contributed by atoms with Gasteiger partial charge in [0.25, 0.3) is 0 Å². The van der Waals surface area contributed by atoms with Gasteiger partial charge in [0, 0.05) is 13.6 Å². The summed E-state index contributed by atoms with van der Waals surface area (Å²) in [4.78, 5) is 0. The summed E-state index contributed by atoms with van der Waals surface area (Å²) in [6.07, 6.45) is 0. The van der Waals surface area contributed by atoms with Gasteiger partial charge in [0.2, 0.25) is 5.88 Å². The van der Waals surface area contributed by atoms with E-state index in [4.69, 9.17) is 10.3 Å². The fourth-order valence-electron chi connectivity index (χ4n) is 2.06. The van der Waals surface area contributed by atoms with Gasteiger partial charge in [0.05, 0.1) is 5.56 Å². The summed E-state index contributed by atoms with van der Waals surface area (Å²) in [5.74, 6) is -0.0442. The van der Waals surface area contributed by atoms with Crippen molar-refractivity contribution in [3.05, 3.63) is 56.3 Å². The molecule has 0 atom stereocenters. The van der Waals surface area contributed by atoms with E-state index in [0.717, 1.165) is 19.2 Å². The van der Waals surface area contributed by atoms with E-state index >= 15 is 0 Å². The molecule has 0 unspecified atom stereocenters. The molecule has 0 bridgehead atoms. The van der Waals surface area contributed by atoms with Crippen molar-refractivity contribution >= 4 is 44.4 Å². The highest BCUT2D eigenvalue weighted by molar-refractivity contribution is 14.1. The van der Waals surface area contributed by atoms with Crippen LogP contribution in [0.25, 0.3) is 22.4 Å². The molecule has 1 heterocycles.